The van der Waals surface area contributed by atoms with Crippen molar-refractivity contribution in [1.82, 2.24) is 15.2 Å². The van der Waals surface area contributed by atoms with Crippen LogP contribution in [0.4, 0.5) is 10.5 Å². The van der Waals surface area contributed by atoms with Gasteiger partial charge >= 0.3 is 6.03 Å². The van der Waals surface area contributed by atoms with Gasteiger partial charge in [-0.25, -0.2) is 9.78 Å². The zero-order valence-electron chi connectivity index (χ0n) is 15.1. The van der Waals surface area contributed by atoms with Gasteiger partial charge in [0.15, 0.2) is 5.58 Å². The lowest BCUT2D eigenvalue weighted by Gasteiger charge is -2.42. The molecule has 8 heteroatoms. The van der Waals surface area contributed by atoms with Crippen LogP contribution in [0.2, 0.25) is 5.02 Å². The predicted molar refractivity (Wildman–Crippen MR) is 102 cm³/mol. The molecular weight excluding hydrogens is 368 g/mol. The minimum atomic E-state index is -0.445. The molecule has 2 amide bonds. The Hall–Kier alpha value is -1.83. The number of aliphatic hydroxyl groups excluding tert-OH is 1. The fourth-order valence-electron chi connectivity index (χ4n) is 4.83. The summed E-state index contributed by atoms with van der Waals surface area (Å²) in [6.07, 6.45) is 5.53. The number of hydrogen-bond acceptors (Lipinski definition) is 5. The van der Waals surface area contributed by atoms with Gasteiger partial charge in [-0.1, -0.05) is 30.9 Å². The first-order valence-electron chi connectivity index (χ1n) is 9.66. The summed E-state index contributed by atoms with van der Waals surface area (Å²) in [6.45, 7) is 2.03. The molecule has 0 radical (unpaired) electrons. The number of halogens is 1. The van der Waals surface area contributed by atoms with Crippen molar-refractivity contribution in [1.29, 1.82) is 0 Å². The lowest BCUT2D eigenvalue weighted by molar-refractivity contribution is 0.171. The number of β-amino-alcohol motifs (C(OH)–C–C–N with tert-alkyl or cyclic N) is 1. The molecule has 3 heterocycles. The Morgan fingerprint density at radius 2 is 2.19 bits per heavy atom. The SMILES string of the molecule is O=C1Nc2c(Cl)cc3nc(CN4CCC(O)C4)oc3c2C2(CCCCC2)N1. The van der Waals surface area contributed by atoms with Crippen molar-refractivity contribution in [3.05, 3.63) is 22.5 Å². The lowest BCUT2D eigenvalue weighted by atomic mass is 9.74. The number of hydrogen-bond donors (Lipinski definition) is 3. The van der Waals surface area contributed by atoms with Crippen LogP contribution in [0.15, 0.2) is 10.5 Å². The fourth-order valence-corrected chi connectivity index (χ4v) is 5.07. The van der Waals surface area contributed by atoms with Crippen molar-refractivity contribution >= 4 is 34.4 Å². The topological polar surface area (TPSA) is 90.6 Å². The number of amides is 2. The predicted octanol–water partition coefficient (Wildman–Crippen LogP) is 3.34. The number of benzene rings is 1. The molecule has 2 fully saturated rings. The molecule has 27 heavy (non-hydrogen) atoms. The van der Waals surface area contributed by atoms with Crippen LogP contribution < -0.4 is 10.6 Å². The molecular formula is C19H23ClN4O3. The van der Waals surface area contributed by atoms with Crippen LogP contribution in [-0.4, -0.2) is 40.2 Å². The van der Waals surface area contributed by atoms with Gasteiger partial charge < -0.3 is 20.2 Å². The number of likely N-dealkylation sites (tertiary alicyclic amines) is 1. The van der Waals surface area contributed by atoms with Crippen LogP contribution in [0, 0.1) is 0 Å². The quantitative estimate of drug-likeness (QED) is 0.731. The van der Waals surface area contributed by atoms with Crippen molar-refractivity contribution in [3.8, 4) is 0 Å². The van der Waals surface area contributed by atoms with Crippen molar-refractivity contribution in [2.24, 2.45) is 0 Å². The van der Waals surface area contributed by atoms with E-state index in [2.05, 4.69) is 20.5 Å². The van der Waals surface area contributed by atoms with Crippen LogP contribution in [0.3, 0.4) is 0 Å². The minimum absolute atomic E-state index is 0.212. The van der Waals surface area contributed by atoms with E-state index in [1.54, 1.807) is 6.07 Å². The molecule has 1 saturated heterocycles. The molecule has 1 aromatic carbocycles. The number of nitrogens with one attached hydrogen (secondary N) is 2. The monoisotopic (exact) mass is 390 g/mol. The summed E-state index contributed by atoms with van der Waals surface area (Å²) in [6, 6.07) is 1.56. The second-order valence-corrected chi connectivity index (χ2v) is 8.37. The summed E-state index contributed by atoms with van der Waals surface area (Å²) in [5.74, 6) is 0.617. The highest BCUT2D eigenvalue weighted by Gasteiger charge is 2.44. The van der Waals surface area contributed by atoms with Crippen LogP contribution in [-0.2, 0) is 12.1 Å². The smallest absolute Gasteiger partial charge is 0.319 e. The molecule has 1 saturated carbocycles. The van der Waals surface area contributed by atoms with E-state index in [0.717, 1.165) is 49.7 Å². The van der Waals surface area contributed by atoms with E-state index in [0.29, 0.717) is 35.3 Å². The minimum Gasteiger partial charge on any atom is -0.439 e. The molecule has 0 bridgehead atoms. The highest BCUT2D eigenvalue weighted by Crippen LogP contribution is 2.48. The molecule has 2 aliphatic heterocycles. The fraction of sp³-hybridized carbons (Fsp3) is 0.579. The van der Waals surface area contributed by atoms with Gasteiger partial charge in [-0.2, -0.15) is 0 Å². The maximum atomic E-state index is 12.3. The summed E-state index contributed by atoms with van der Waals surface area (Å²) in [5.41, 5.74) is 2.56. The van der Waals surface area contributed by atoms with Gasteiger partial charge in [0.05, 0.1) is 28.9 Å². The van der Waals surface area contributed by atoms with Gasteiger partial charge in [0.1, 0.15) is 5.52 Å². The highest BCUT2D eigenvalue weighted by molar-refractivity contribution is 6.35. The Kier molecular flexibility index (Phi) is 4.07. The second-order valence-electron chi connectivity index (χ2n) is 7.96. The van der Waals surface area contributed by atoms with E-state index < -0.39 is 5.54 Å². The van der Waals surface area contributed by atoms with E-state index in [-0.39, 0.29) is 12.1 Å². The van der Waals surface area contributed by atoms with E-state index in [4.69, 9.17) is 16.0 Å². The number of anilines is 1. The number of nitrogens with zero attached hydrogens (tertiary/aromatic N) is 2. The molecule has 144 valence electrons. The van der Waals surface area contributed by atoms with Crippen LogP contribution in [0.25, 0.3) is 11.1 Å². The highest BCUT2D eigenvalue weighted by atomic mass is 35.5. The lowest BCUT2D eigenvalue weighted by Crippen LogP contribution is -2.52. The number of oxazole rings is 1. The third kappa shape index (κ3) is 2.88. The Morgan fingerprint density at radius 3 is 2.93 bits per heavy atom. The Morgan fingerprint density at radius 1 is 1.37 bits per heavy atom. The average Bonchev–Trinajstić information content (AvgIpc) is 3.21. The Labute approximate surface area is 162 Å². The number of fused-ring (bicyclic) bond motifs is 4. The maximum Gasteiger partial charge on any atom is 0.319 e. The van der Waals surface area contributed by atoms with E-state index >= 15 is 0 Å². The number of aromatic nitrogens is 1. The molecule has 1 unspecified atom stereocenters. The van der Waals surface area contributed by atoms with E-state index in [9.17, 15) is 9.90 Å². The number of carbonyl (C=O) groups is 1. The second kappa shape index (κ2) is 6.36. The summed E-state index contributed by atoms with van der Waals surface area (Å²) >= 11 is 6.52. The molecule has 1 aromatic heterocycles. The summed E-state index contributed by atoms with van der Waals surface area (Å²) in [7, 11) is 0. The first-order valence-corrected chi connectivity index (χ1v) is 10.0. The van der Waals surface area contributed by atoms with Crippen LogP contribution >= 0.6 is 11.6 Å². The van der Waals surface area contributed by atoms with E-state index in [1.807, 2.05) is 0 Å². The molecule has 2 aromatic rings. The van der Waals surface area contributed by atoms with Gasteiger partial charge in [-0.05, 0) is 25.3 Å². The van der Waals surface area contributed by atoms with Gasteiger partial charge in [-0.3, -0.25) is 4.90 Å². The third-order valence-electron chi connectivity index (χ3n) is 6.06. The van der Waals surface area contributed by atoms with Gasteiger partial charge in [0, 0.05) is 18.7 Å². The number of aliphatic hydroxyl groups is 1. The number of carbonyl (C=O) groups excluding carboxylic acids is 1. The van der Waals surface area contributed by atoms with Gasteiger partial charge in [-0.15, -0.1) is 0 Å². The zero-order valence-corrected chi connectivity index (χ0v) is 15.8. The van der Waals surface area contributed by atoms with Crippen LogP contribution in [0.1, 0.15) is 50.0 Å². The summed E-state index contributed by atoms with van der Waals surface area (Å²) < 4.78 is 6.20. The van der Waals surface area contributed by atoms with Crippen molar-refractivity contribution in [2.45, 2.75) is 56.7 Å². The molecule has 3 N–H and O–H groups in total. The first-order chi connectivity index (χ1) is 13.0. The first kappa shape index (κ1) is 17.3. The number of urea groups is 1. The standard InChI is InChI=1S/C19H23ClN4O3/c20-12-8-13-17(27-14(21-13)10-24-7-4-11(25)9-24)15-16(12)22-18(26)23-19(15)5-2-1-3-6-19/h8,11,25H,1-7,9-10H2,(H2,22,23,26). The van der Waals surface area contributed by atoms with Crippen molar-refractivity contribution in [2.75, 3.05) is 18.4 Å². The molecule has 1 atom stereocenters. The van der Waals surface area contributed by atoms with Crippen molar-refractivity contribution < 1.29 is 14.3 Å². The maximum absolute atomic E-state index is 12.3. The third-order valence-corrected chi connectivity index (χ3v) is 6.36. The summed E-state index contributed by atoms with van der Waals surface area (Å²) in [4.78, 5) is 19.1. The number of rotatable bonds is 2. The molecule has 1 aliphatic carbocycles. The van der Waals surface area contributed by atoms with Crippen molar-refractivity contribution in [3.63, 3.8) is 0 Å². The Balaban J connectivity index is 1.61. The van der Waals surface area contributed by atoms with Gasteiger partial charge in [0.2, 0.25) is 5.89 Å². The summed E-state index contributed by atoms with van der Waals surface area (Å²) in [5, 5.41) is 16.3. The molecule has 1 spiro atoms. The largest absolute Gasteiger partial charge is 0.439 e. The zero-order chi connectivity index (χ0) is 18.6. The molecule has 5 rings (SSSR count). The normalized spacial score (nSPS) is 24.8. The van der Waals surface area contributed by atoms with Gasteiger partial charge in [0.25, 0.3) is 0 Å². The van der Waals surface area contributed by atoms with Crippen LogP contribution in [0.5, 0.6) is 0 Å². The van der Waals surface area contributed by atoms with E-state index in [1.165, 1.54) is 6.42 Å². The Bertz CT molecular complexity index is 906. The average molecular weight is 391 g/mol. The molecule has 3 aliphatic rings. The molecule has 7 nitrogen and oxygen atoms in total.